The summed E-state index contributed by atoms with van der Waals surface area (Å²) in [7, 11) is 0. The van der Waals surface area contributed by atoms with Gasteiger partial charge in [-0.1, -0.05) is 42.0 Å². The van der Waals surface area contributed by atoms with Crippen molar-refractivity contribution in [3.63, 3.8) is 0 Å². The summed E-state index contributed by atoms with van der Waals surface area (Å²) in [6.07, 6.45) is 4.01. The number of benzene rings is 2. The Kier molecular flexibility index (Phi) is 6.27. The third-order valence-electron chi connectivity index (χ3n) is 6.07. The van der Waals surface area contributed by atoms with Crippen molar-refractivity contribution < 1.29 is 5.11 Å². The number of aryl methyl sites for hydroxylation is 1. The number of hydrogen-bond donors (Lipinski definition) is 3. The van der Waals surface area contributed by atoms with Gasteiger partial charge in [-0.25, -0.2) is 4.98 Å². The minimum Gasteiger partial charge on any atom is -0.388 e. The number of aliphatic hydroxyl groups is 1. The van der Waals surface area contributed by atoms with Crippen molar-refractivity contribution in [2.45, 2.75) is 32.3 Å². The minimum atomic E-state index is -0.446. The molecule has 1 aliphatic heterocycles. The molecule has 0 spiro atoms. The average Bonchev–Trinajstić information content (AvgIpc) is 3.21. The molecule has 30 heavy (non-hydrogen) atoms. The summed E-state index contributed by atoms with van der Waals surface area (Å²) >= 11 is 0. The van der Waals surface area contributed by atoms with E-state index < -0.39 is 6.10 Å². The third kappa shape index (κ3) is 4.79. The molecular formula is C25H28N4O. The first kappa shape index (κ1) is 20.3. The number of nitrogens with one attached hydrogen (secondary N) is 2. The molecule has 1 fully saturated rings. The lowest BCUT2D eigenvalue weighted by Gasteiger charge is -2.35. The second-order valence-electron chi connectivity index (χ2n) is 8.32. The van der Waals surface area contributed by atoms with Gasteiger partial charge in [0.25, 0.3) is 0 Å². The number of aromatic nitrogens is 2. The van der Waals surface area contributed by atoms with Gasteiger partial charge in [-0.2, -0.15) is 5.26 Å². The number of piperidine rings is 1. The van der Waals surface area contributed by atoms with Gasteiger partial charge in [-0.3, -0.25) is 0 Å². The third-order valence-corrected chi connectivity index (χ3v) is 6.07. The molecule has 3 unspecified atom stereocenters. The van der Waals surface area contributed by atoms with Crippen molar-refractivity contribution in [1.29, 1.82) is 5.26 Å². The van der Waals surface area contributed by atoms with Crippen molar-refractivity contribution in [3.8, 4) is 6.07 Å². The molecule has 0 amide bonds. The number of H-pyrrole nitrogens is 1. The molecule has 154 valence electrons. The van der Waals surface area contributed by atoms with Crippen LogP contribution in [0.3, 0.4) is 0 Å². The zero-order chi connectivity index (χ0) is 20.9. The highest BCUT2D eigenvalue weighted by molar-refractivity contribution is 5.32. The molecule has 2 heterocycles. The van der Waals surface area contributed by atoms with E-state index >= 15 is 0 Å². The Labute approximate surface area is 177 Å². The Morgan fingerprint density at radius 3 is 2.83 bits per heavy atom. The molecule has 0 radical (unpaired) electrons. The number of rotatable bonds is 6. The Hall–Kier alpha value is -2.94. The van der Waals surface area contributed by atoms with E-state index in [2.05, 4.69) is 40.4 Å². The maximum absolute atomic E-state index is 11.1. The van der Waals surface area contributed by atoms with Gasteiger partial charge in [-0.05, 0) is 68.0 Å². The van der Waals surface area contributed by atoms with E-state index in [0.29, 0.717) is 17.9 Å². The molecule has 0 bridgehead atoms. The van der Waals surface area contributed by atoms with Gasteiger partial charge in [0.15, 0.2) is 0 Å². The minimum absolute atomic E-state index is 0.221. The number of hydrogen-bond acceptors (Lipinski definition) is 4. The molecular weight excluding hydrogens is 372 g/mol. The highest BCUT2D eigenvalue weighted by Crippen LogP contribution is 2.34. The van der Waals surface area contributed by atoms with Crippen LogP contribution in [0.4, 0.5) is 0 Å². The van der Waals surface area contributed by atoms with Crippen molar-refractivity contribution in [2.75, 3.05) is 13.1 Å². The lowest BCUT2D eigenvalue weighted by Crippen LogP contribution is -2.40. The quantitative estimate of drug-likeness (QED) is 0.589. The molecule has 3 aromatic rings. The molecule has 5 heteroatoms. The molecule has 0 saturated carbocycles. The van der Waals surface area contributed by atoms with E-state index in [4.69, 9.17) is 5.26 Å². The number of imidazole rings is 1. The van der Waals surface area contributed by atoms with Crippen LogP contribution in [-0.4, -0.2) is 28.2 Å². The standard InChI is InChI=1S/C25H28N4O/c1-17-3-2-4-20(11-17)25(30)23-9-10-27-15-21(23)13-22-16-28-24(29-22)12-18-5-7-19(14-26)8-6-18/h2-8,11,16,21,23,25,27,30H,9-10,12-13,15H2,1H3,(H,28,29). The molecule has 1 saturated heterocycles. The summed E-state index contributed by atoms with van der Waals surface area (Å²) in [4.78, 5) is 8.02. The van der Waals surface area contributed by atoms with Gasteiger partial charge in [-0.15, -0.1) is 0 Å². The zero-order valence-corrected chi connectivity index (χ0v) is 17.3. The summed E-state index contributed by atoms with van der Waals surface area (Å²) in [5.74, 6) is 1.49. The second kappa shape index (κ2) is 9.25. The molecule has 3 N–H and O–H groups in total. The van der Waals surface area contributed by atoms with Crippen molar-refractivity contribution in [3.05, 3.63) is 88.5 Å². The normalized spacial score (nSPS) is 19.9. The van der Waals surface area contributed by atoms with E-state index in [9.17, 15) is 5.11 Å². The van der Waals surface area contributed by atoms with Crippen molar-refractivity contribution in [1.82, 2.24) is 15.3 Å². The van der Waals surface area contributed by atoms with Crippen LogP contribution in [0, 0.1) is 30.1 Å². The lowest BCUT2D eigenvalue weighted by molar-refractivity contribution is 0.0526. The monoisotopic (exact) mass is 400 g/mol. The fraction of sp³-hybridized carbons (Fsp3) is 0.360. The molecule has 0 aliphatic carbocycles. The highest BCUT2D eigenvalue weighted by Gasteiger charge is 2.32. The number of aliphatic hydroxyl groups excluding tert-OH is 1. The average molecular weight is 401 g/mol. The summed E-state index contributed by atoms with van der Waals surface area (Å²) in [6, 6.07) is 18.0. The van der Waals surface area contributed by atoms with Crippen LogP contribution in [-0.2, 0) is 12.8 Å². The topological polar surface area (TPSA) is 84.7 Å². The SMILES string of the molecule is Cc1cccc(C(O)C2CCNCC2Cc2cnc(Cc3ccc(C#N)cc3)[nH]2)c1. The first-order chi connectivity index (χ1) is 14.6. The van der Waals surface area contributed by atoms with Crippen molar-refractivity contribution in [2.24, 2.45) is 11.8 Å². The lowest BCUT2D eigenvalue weighted by atomic mass is 9.77. The molecule has 4 rings (SSSR count). The molecule has 5 nitrogen and oxygen atoms in total. The van der Waals surface area contributed by atoms with Crippen LogP contribution in [0.5, 0.6) is 0 Å². The van der Waals surface area contributed by atoms with Gasteiger partial charge in [0.05, 0.1) is 17.7 Å². The molecule has 3 atom stereocenters. The smallest absolute Gasteiger partial charge is 0.110 e. The number of aromatic amines is 1. The fourth-order valence-corrected chi connectivity index (χ4v) is 4.46. The summed E-state index contributed by atoms with van der Waals surface area (Å²) in [6.45, 7) is 3.91. The molecule has 2 aromatic carbocycles. The van der Waals surface area contributed by atoms with Gasteiger partial charge < -0.3 is 15.4 Å². The van der Waals surface area contributed by atoms with Crippen LogP contribution >= 0.6 is 0 Å². The van der Waals surface area contributed by atoms with E-state index in [0.717, 1.165) is 48.6 Å². The highest BCUT2D eigenvalue weighted by atomic mass is 16.3. The first-order valence-corrected chi connectivity index (χ1v) is 10.6. The maximum atomic E-state index is 11.1. The molecule has 1 aromatic heterocycles. The fourth-order valence-electron chi connectivity index (χ4n) is 4.46. The van der Waals surface area contributed by atoms with Crippen LogP contribution in [0.25, 0.3) is 0 Å². The summed E-state index contributed by atoms with van der Waals surface area (Å²) in [5, 5.41) is 23.5. The summed E-state index contributed by atoms with van der Waals surface area (Å²) < 4.78 is 0. The predicted octanol–water partition coefficient (Wildman–Crippen LogP) is 3.68. The summed E-state index contributed by atoms with van der Waals surface area (Å²) in [5.41, 5.74) is 5.09. The Morgan fingerprint density at radius 2 is 2.07 bits per heavy atom. The van der Waals surface area contributed by atoms with E-state index in [1.807, 2.05) is 42.6 Å². The van der Waals surface area contributed by atoms with Crippen LogP contribution in [0.15, 0.2) is 54.7 Å². The number of nitrogens with zero attached hydrogens (tertiary/aromatic N) is 2. The van der Waals surface area contributed by atoms with Gasteiger partial charge >= 0.3 is 0 Å². The van der Waals surface area contributed by atoms with E-state index in [1.165, 1.54) is 5.56 Å². The number of nitriles is 1. The largest absolute Gasteiger partial charge is 0.388 e. The van der Waals surface area contributed by atoms with Gasteiger partial charge in [0.1, 0.15) is 5.82 Å². The molecule has 1 aliphatic rings. The van der Waals surface area contributed by atoms with Gasteiger partial charge in [0.2, 0.25) is 0 Å². The Balaban J connectivity index is 1.43. The predicted molar refractivity (Wildman–Crippen MR) is 117 cm³/mol. The van der Waals surface area contributed by atoms with Crippen LogP contribution < -0.4 is 5.32 Å². The first-order valence-electron chi connectivity index (χ1n) is 10.6. The second-order valence-corrected chi connectivity index (χ2v) is 8.32. The van der Waals surface area contributed by atoms with E-state index in [1.54, 1.807) is 0 Å². The maximum Gasteiger partial charge on any atom is 0.110 e. The van der Waals surface area contributed by atoms with E-state index in [-0.39, 0.29) is 5.92 Å². The van der Waals surface area contributed by atoms with Gasteiger partial charge in [0, 0.05) is 18.3 Å². The zero-order valence-electron chi connectivity index (χ0n) is 17.3. The van der Waals surface area contributed by atoms with Crippen LogP contribution in [0.2, 0.25) is 0 Å². The van der Waals surface area contributed by atoms with Crippen LogP contribution in [0.1, 0.15) is 46.3 Å². The van der Waals surface area contributed by atoms with Crippen molar-refractivity contribution >= 4 is 0 Å². The Bertz CT molecular complexity index is 1020. The Morgan fingerprint density at radius 1 is 1.23 bits per heavy atom.